The number of halogens is 2. The highest BCUT2D eigenvalue weighted by atomic mass is 19.3. The number of nitrogens with two attached hydrogens (primary N) is 1. The fourth-order valence-corrected chi connectivity index (χ4v) is 4.25. The lowest BCUT2D eigenvalue weighted by molar-refractivity contribution is -0.136. The lowest BCUT2D eigenvalue weighted by Crippen LogP contribution is -2.52. The van der Waals surface area contributed by atoms with Crippen molar-refractivity contribution in [3.8, 4) is 0 Å². The van der Waals surface area contributed by atoms with Crippen LogP contribution in [-0.4, -0.2) is 58.1 Å². The fourth-order valence-electron chi connectivity index (χ4n) is 4.25. The molecule has 0 bridgehead atoms. The van der Waals surface area contributed by atoms with Gasteiger partial charge in [-0.25, -0.2) is 8.78 Å². The summed E-state index contributed by atoms with van der Waals surface area (Å²) < 4.78 is 28.2. The number of alkyl halides is 2. The maximum absolute atomic E-state index is 14.1. The zero-order valence-electron chi connectivity index (χ0n) is 15.5. The van der Waals surface area contributed by atoms with Gasteiger partial charge < -0.3 is 10.6 Å². The van der Waals surface area contributed by atoms with E-state index in [-0.39, 0.29) is 44.3 Å². The smallest absolute Gasteiger partial charge is 0.279 e. The van der Waals surface area contributed by atoms with Crippen molar-refractivity contribution in [1.29, 1.82) is 0 Å². The highest BCUT2D eigenvalue weighted by molar-refractivity contribution is 6.05. The van der Waals surface area contributed by atoms with E-state index in [1.54, 1.807) is 17.0 Å². The third kappa shape index (κ3) is 2.98. The summed E-state index contributed by atoms with van der Waals surface area (Å²) >= 11 is 0. The summed E-state index contributed by atoms with van der Waals surface area (Å²) in [6.07, 6.45) is 0.463. The van der Waals surface area contributed by atoms with Crippen LogP contribution in [0.5, 0.6) is 0 Å². The number of nitrogens with zero attached hydrogens (tertiary/aromatic N) is 2. The number of carbonyl (C=O) groups is 3. The van der Waals surface area contributed by atoms with E-state index in [1.165, 1.54) is 11.8 Å². The molecule has 3 N–H and O–H groups in total. The van der Waals surface area contributed by atoms with Gasteiger partial charge in [-0.2, -0.15) is 0 Å². The van der Waals surface area contributed by atoms with Gasteiger partial charge in [-0.05, 0) is 30.5 Å². The number of benzene rings is 1. The Hall–Kier alpha value is -2.39. The van der Waals surface area contributed by atoms with E-state index in [4.69, 9.17) is 5.73 Å². The maximum Gasteiger partial charge on any atom is 0.279 e. The molecule has 2 atom stereocenters. The molecule has 4 rings (SSSR count). The SMILES string of the molecule is CC1(N)CN(Cc2cccc3c2CN(C2CCC(=O)NC2=O)C3=O)CC1(F)F. The van der Waals surface area contributed by atoms with Crippen LogP contribution in [0.4, 0.5) is 8.78 Å². The standard InChI is InChI=1S/C19H22F2N4O3/c1-18(22)9-24(10-19(18,20)21)7-11-3-2-4-12-13(11)8-25(17(12)28)14-5-6-15(26)23-16(14)27/h2-4,14H,5-10,22H2,1H3,(H,23,26,27). The number of fused-ring (bicyclic) bond motifs is 1. The number of piperidine rings is 1. The summed E-state index contributed by atoms with van der Waals surface area (Å²) in [4.78, 5) is 39.4. The number of likely N-dealkylation sites (tertiary alicyclic amines) is 1. The van der Waals surface area contributed by atoms with E-state index in [2.05, 4.69) is 5.32 Å². The molecule has 0 saturated carbocycles. The first-order valence-electron chi connectivity index (χ1n) is 9.23. The number of rotatable bonds is 3. The Kier molecular flexibility index (Phi) is 4.27. The predicted octanol–water partition coefficient (Wildman–Crippen LogP) is 0.616. The lowest BCUT2D eigenvalue weighted by Gasteiger charge is -2.29. The molecule has 0 aromatic heterocycles. The topological polar surface area (TPSA) is 95.7 Å². The van der Waals surface area contributed by atoms with E-state index in [9.17, 15) is 23.2 Å². The normalized spacial score (nSPS) is 29.9. The second-order valence-corrected chi connectivity index (χ2v) is 8.11. The predicted molar refractivity (Wildman–Crippen MR) is 95.3 cm³/mol. The van der Waals surface area contributed by atoms with Crippen LogP contribution in [0.15, 0.2) is 18.2 Å². The quantitative estimate of drug-likeness (QED) is 0.735. The molecule has 2 fully saturated rings. The first-order chi connectivity index (χ1) is 13.1. The van der Waals surface area contributed by atoms with Crippen LogP contribution in [0.1, 0.15) is 41.3 Å². The molecule has 9 heteroatoms. The molecule has 3 aliphatic rings. The summed E-state index contributed by atoms with van der Waals surface area (Å²) in [7, 11) is 0. The van der Waals surface area contributed by atoms with E-state index in [0.717, 1.165) is 11.1 Å². The van der Waals surface area contributed by atoms with Gasteiger partial charge in [0.1, 0.15) is 6.04 Å². The third-order valence-corrected chi connectivity index (χ3v) is 5.88. The highest BCUT2D eigenvalue weighted by Gasteiger charge is 2.54. The largest absolute Gasteiger partial charge is 0.322 e. The minimum atomic E-state index is -2.99. The average molecular weight is 392 g/mol. The van der Waals surface area contributed by atoms with E-state index in [0.29, 0.717) is 5.56 Å². The van der Waals surface area contributed by atoms with Gasteiger partial charge in [0.2, 0.25) is 11.8 Å². The number of hydrogen-bond donors (Lipinski definition) is 2. The van der Waals surface area contributed by atoms with Gasteiger partial charge in [0.25, 0.3) is 11.8 Å². The van der Waals surface area contributed by atoms with Crippen LogP contribution in [0.3, 0.4) is 0 Å². The first-order valence-corrected chi connectivity index (χ1v) is 9.23. The van der Waals surface area contributed by atoms with Crippen molar-refractivity contribution in [2.75, 3.05) is 13.1 Å². The molecule has 2 saturated heterocycles. The highest BCUT2D eigenvalue weighted by Crippen LogP contribution is 2.36. The molecule has 3 amide bonds. The minimum absolute atomic E-state index is 0.0501. The molecule has 3 heterocycles. The van der Waals surface area contributed by atoms with Crippen molar-refractivity contribution in [1.82, 2.24) is 15.1 Å². The molecule has 2 unspecified atom stereocenters. The number of nitrogens with one attached hydrogen (secondary N) is 1. The maximum atomic E-state index is 14.1. The molecule has 28 heavy (non-hydrogen) atoms. The Morgan fingerprint density at radius 2 is 2.00 bits per heavy atom. The Morgan fingerprint density at radius 1 is 1.25 bits per heavy atom. The Labute approximate surface area is 160 Å². The fraction of sp³-hybridized carbons (Fsp3) is 0.526. The van der Waals surface area contributed by atoms with Crippen molar-refractivity contribution in [2.24, 2.45) is 5.73 Å². The summed E-state index contributed by atoms with van der Waals surface area (Å²) in [5.74, 6) is -4.08. The second kappa shape index (κ2) is 6.31. The number of amides is 3. The summed E-state index contributed by atoms with van der Waals surface area (Å²) in [5, 5.41) is 2.27. The molecular weight excluding hydrogens is 370 g/mol. The number of carbonyl (C=O) groups excluding carboxylic acids is 3. The van der Waals surface area contributed by atoms with Gasteiger partial charge in [-0.3, -0.25) is 24.6 Å². The van der Waals surface area contributed by atoms with Gasteiger partial charge >= 0.3 is 0 Å². The van der Waals surface area contributed by atoms with Crippen molar-refractivity contribution in [3.63, 3.8) is 0 Å². The van der Waals surface area contributed by atoms with Crippen LogP contribution in [0, 0.1) is 0 Å². The van der Waals surface area contributed by atoms with Gasteiger partial charge in [-0.15, -0.1) is 0 Å². The molecular formula is C19H22F2N4O3. The van der Waals surface area contributed by atoms with Gasteiger partial charge in [0.05, 0.1) is 12.1 Å². The van der Waals surface area contributed by atoms with Crippen LogP contribution < -0.4 is 11.1 Å². The van der Waals surface area contributed by atoms with Crippen LogP contribution in [0.2, 0.25) is 0 Å². The summed E-state index contributed by atoms with van der Waals surface area (Å²) in [5.41, 5.74) is 6.15. The summed E-state index contributed by atoms with van der Waals surface area (Å²) in [6.45, 7) is 1.43. The van der Waals surface area contributed by atoms with Crippen molar-refractivity contribution < 1.29 is 23.2 Å². The molecule has 7 nitrogen and oxygen atoms in total. The Morgan fingerprint density at radius 3 is 2.64 bits per heavy atom. The molecule has 150 valence electrons. The zero-order valence-corrected chi connectivity index (χ0v) is 15.5. The average Bonchev–Trinajstić information content (AvgIpc) is 3.02. The Bertz CT molecular complexity index is 855. The lowest BCUT2D eigenvalue weighted by atomic mass is 9.99. The monoisotopic (exact) mass is 392 g/mol. The second-order valence-electron chi connectivity index (χ2n) is 8.11. The molecule has 0 aliphatic carbocycles. The molecule has 1 aromatic carbocycles. The van der Waals surface area contributed by atoms with Crippen LogP contribution in [-0.2, 0) is 22.7 Å². The van der Waals surface area contributed by atoms with Gasteiger partial charge in [0.15, 0.2) is 0 Å². The summed E-state index contributed by atoms with van der Waals surface area (Å²) in [6, 6.07) is 4.51. The van der Waals surface area contributed by atoms with Crippen LogP contribution >= 0.6 is 0 Å². The van der Waals surface area contributed by atoms with Crippen molar-refractivity contribution in [2.45, 2.75) is 50.4 Å². The van der Waals surface area contributed by atoms with Crippen molar-refractivity contribution in [3.05, 3.63) is 34.9 Å². The number of hydrogen-bond acceptors (Lipinski definition) is 5. The van der Waals surface area contributed by atoms with Crippen molar-refractivity contribution >= 4 is 17.7 Å². The van der Waals surface area contributed by atoms with Crippen LogP contribution in [0.25, 0.3) is 0 Å². The molecule has 1 aromatic rings. The minimum Gasteiger partial charge on any atom is -0.322 e. The molecule has 3 aliphatic heterocycles. The van der Waals surface area contributed by atoms with Gasteiger partial charge in [0, 0.05) is 31.6 Å². The molecule has 0 spiro atoms. The van der Waals surface area contributed by atoms with E-state index < -0.39 is 30.0 Å². The first kappa shape index (κ1) is 18.9. The van der Waals surface area contributed by atoms with Gasteiger partial charge in [-0.1, -0.05) is 12.1 Å². The Balaban J connectivity index is 1.55. The number of imide groups is 1. The van der Waals surface area contributed by atoms with E-state index >= 15 is 0 Å². The third-order valence-electron chi connectivity index (χ3n) is 5.88. The van der Waals surface area contributed by atoms with E-state index in [1.807, 2.05) is 6.07 Å². The zero-order chi connectivity index (χ0) is 20.3. The molecule has 0 radical (unpaired) electrons.